The molecule has 36 heavy (non-hydrogen) atoms. The maximum absolute atomic E-state index is 13.7. The van der Waals surface area contributed by atoms with E-state index in [-0.39, 0.29) is 12.1 Å². The minimum absolute atomic E-state index is 0.205. The molecule has 7 nitrogen and oxygen atoms in total. The van der Waals surface area contributed by atoms with Gasteiger partial charge in [0, 0.05) is 16.8 Å². The molecule has 1 aliphatic rings. The van der Waals surface area contributed by atoms with E-state index in [1.807, 2.05) is 102 Å². The van der Waals surface area contributed by atoms with Gasteiger partial charge in [0.15, 0.2) is 0 Å². The van der Waals surface area contributed by atoms with E-state index >= 15 is 0 Å². The fraction of sp³-hybridized carbons (Fsp3) is 0.143. The number of nitrogens with one attached hydrogen (secondary N) is 1. The highest BCUT2D eigenvalue weighted by Gasteiger charge is 2.36. The van der Waals surface area contributed by atoms with E-state index in [1.165, 1.54) is 0 Å². The van der Waals surface area contributed by atoms with Gasteiger partial charge in [0.2, 0.25) is 0 Å². The average Bonchev–Trinajstić information content (AvgIpc) is 3.63. The van der Waals surface area contributed by atoms with E-state index in [4.69, 9.17) is 21.1 Å². The first-order chi connectivity index (χ1) is 17.6. The number of urea groups is 1. The molecule has 5 aromatic rings. The second-order valence-electron chi connectivity index (χ2n) is 8.76. The Kier molecular flexibility index (Phi) is 5.62. The molecule has 1 atom stereocenters. The summed E-state index contributed by atoms with van der Waals surface area (Å²) >= 11 is 6.41. The van der Waals surface area contributed by atoms with Crippen LogP contribution in [-0.2, 0) is 13.1 Å². The zero-order valence-corrected chi connectivity index (χ0v) is 20.4. The molecule has 1 aliphatic heterocycles. The molecule has 0 radical (unpaired) electrons. The molecule has 0 fully saturated rings. The maximum atomic E-state index is 13.7. The van der Waals surface area contributed by atoms with Gasteiger partial charge in [-0.3, -0.25) is 0 Å². The summed E-state index contributed by atoms with van der Waals surface area (Å²) in [5, 5.41) is 8.53. The Labute approximate surface area is 213 Å². The van der Waals surface area contributed by atoms with Crippen LogP contribution in [0.25, 0.3) is 11.5 Å². The van der Waals surface area contributed by atoms with Gasteiger partial charge in [-0.1, -0.05) is 41.9 Å². The smallest absolute Gasteiger partial charge is 0.318 e. The molecule has 180 valence electrons. The van der Waals surface area contributed by atoms with Crippen LogP contribution >= 0.6 is 11.6 Å². The fourth-order valence-electron chi connectivity index (χ4n) is 4.85. The van der Waals surface area contributed by atoms with Gasteiger partial charge in [-0.2, -0.15) is 5.10 Å². The summed E-state index contributed by atoms with van der Waals surface area (Å²) in [6, 6.07) is 24.8. The van der Waals surface area contributed by atoms with Gasteiger partial charge in [-0.05, 0) is 61.0 Å². The number of benzene rings is 2. The molecule has 0 saturated carbocycles. The highest BCUT2D eigenvalue weighted by Crippen LogP contribution is 2.39. The minimum atomic E-state index is -0.369. The maximum Gasteiger partial charge on any atom is 0.318 e. The van der Waals surface area contributed by atoms with E-state index in [9.17, 15) is 4.79 Å². The Morgan fingerprint density at radius 2 is 1.94 bits per heavy atom. The summed E-state index contributed by atoms with van der Waals surface area (Å²) in [7, 11) is 0. The van der Waals surface area contributed by atoms with Gasteiger partial charge >= 0.3 is 6.03 Å². The molecular weight excluding hydrogens is 474 g/mol. The Morgan fingerprint density at radius 1 is 1.08 bits per heavy atom. The van der Waals surface area contributed by atoms with E-state index in [2.05, 4.69) is 9.88 Å². The predicted molar refractivity (Wildman–Crippen MR) is 137 cm³/mol. The van der Waals surface area contributed by atoms with Crippen LogP contribution in [-0.4, -0.2) is 25.3 Å². The second-order valence-corrected chi connectivity index (χ2v) is 9.20. The van der Waals surface area contributed by atoms with Gasteiger partial charge in [0.05, 0.1) is 42.5 Å². The number of para-hydroxylation sites is 1. The number of nitrogens with zero attached hydrogens (tertiary/aromatic N) is 4. The number of rotatable bonds is 4. The summed E-state index contributed by atoms with van der Waals surface area (Å²) < 4.78 is 9.51. The highest BCUT2D eigenvalue weighted by atomic mass is 35.5. The van der Waals surface area contributed by atoms with Crippen molar-refractivity contribution in [2.75, 3.05) is 0 Å². The number of carbonyl (C=O) groups is 1. The predicted octanol–water partition coefficient (Wildman–Crippen LogP) is 6.03. The SMILES string of the molecule is Cc1nn(-c2ccccc2)c2c1CN(C(=O)NCc1ccco1)[C@@H](c1cccc(Cl)c1)c1cccn1-2. The minimum Gasteiger partial charge on any atom is -0.467 e. The molecule has 0 spiro atoms. The third-order valence-electron chi connectivity index (χ3n) is 6.51. The molecule has 0 saturated heterocycles. The number of aryl methyl sites for hydroxylation is 1. The van der Waals surface area contributed by atoms with Crippen molar-refractivity contribution in [2.45, 2.75) is 26.1 Å². The van der Waals surface area contributed by atoms with Crippen LogP contribution in [0.2, 0.25) is 5.02 Å². The number of furan rings is 1. The molecule has 0 bridgehead atoms. The van der Waals surface area contributed by atoms with Crippen LogP contribution in [0.4, 0.5) is 4.79 Å². The quantitative estimate of drug-likeness (QED) is 0.329. The molecule has 0 aliphatic carbocycles. The van der Waals surface area contributed by atoms with Gasteiger partial charge in [-0.25, -0.2) is 9.48 Å². The van der Waals surface area contributed by atoms with Gasteiger partial charge in [0.25, 0.3) is 0 Å². The molecule has 0 unspecified atom stereocenters. The van der Waals surface area contributed by atoms with Crippen LogP contribution in [0.5, 0.6) is 0 Å². The lowest BCUT2D eigenvalue weighted by Crippen LogP contribution is -2.41. The van der Waals surface area contributed by atoms with Crippen molar-refractivity contribution in [2.24, 2.45) is 0 Å². The van der Waals surface area contributed by atoms with Crippen molar-refractivity contribution in [1.82, 2.24) is 24.6 Å². The Hall–Kier alpha value is -4.23. The van der Waals surface area contributed by atoms with Crippen molar-refractivity contribution >= 4 is 17.6 Å². The number of carbonyl (C=O) groups excluding carboxylic acids is 1. The number of amides is 2. The van der Waals surface area contributed by atoms with E-state index in [0.717, 1.165) is 34.0 Å². The van der Waals surface area contributed by atoms with Crippen molar-refractivity contribution < 1.29 is 9.21 Å². The van der Waals surface area contributed by atoms with Crippen molar-refractivity contribution in [3.63, 3.8) is 0 Å². The van der Waals surface area contributed by atoms with Crippen LogP contribution in [0.15, 0.2) is 95.7 Å². The second kappa shape index (κ2) is 9.09. The van der Waals surface area contributed by atoms with Crippen LogP contribution in [0.3, 0.4) is 0 Å². The zero-order valence-electron chi connectivity index (χ0n) is 19.6. The third-order valence-corrected chi connectivity index (χ3v) is 6.74. The molecule has 2 aromatic carbocycles. The first-order valence-corrected chi connectivity index (χ1v) is 12.1. The van der Waals surface area contributed by atoms with Crippen molar-refractivity contribution in [3.8, 4) is 11.5 Å². The largest absolute Gasteiger partial charge is 0.467 e. The van der Waals surface area contributed by atoms with Gasteiger partial charge < -0.3 is 19.2 Å². The van der Waals surface area contributed by atoms with Crippen LogP contribution in [0, 0.1) is 6.92 Å². The first-order valence-electron chi connectivity index (χ1n) is 11.7. The summed E-state index contributed by atoms with van der Waals surface area (Å²) in [4.78, 5) is 15.6. The molecule has 3 aromatic heterocycles. The van der Waals surface area contributed by atoms with Gasteiger partial charge in [0.1, 0.15) is 11.6 Å². The summed E-state index contributed by atoms with van der Waals surface area (Å²) in [5.41, 5.74) is 4.67. The molecule has 6 rings (SSSR count). The first kappa shape index (κ1) is 22.2. The normalized spacial score (nSPS) is 14.7. The number of halogens is 1. The average molecular weight is 498 g/mol. The zero-order chi connectivity index (χ0) is 24.6. The molecule has 2 amide bonds. The van der Waals surface area contributed by atoms with Crippen molar-refractivity contribution in [1.29, 1.82) is 0 Å². The fourth-order valence-corrected chi connectivity index (χ4v) is 5.05. The Balaban J connectivity index is 1.51. The topological polar surface area (TPSA) is 68.2 Å². The molecule has 4 heterocycles. The summed E-state index contributed by atoms with van der Waals surface area (Å²) in [5.74, 6) is 1.61. The summed E-state index contributed by atoms with van der Waals surface area (Å²) in [6.07, 6.45) is 3.62. The Morgan fingerprint density at radius 3 is 2.72 bits per heavy atom. The number of aromatic nitrogens is 3. The monoisotopic (exact) mass is 497 g/mol. The number of hydrogen-bond donors (Lipinski definition) is 1. The number of fused-ring (bicyclic) bond motifs is 3. The number of hydrogen-bond acceptors (Lipinski definition) is 3. The van der Waals surface area contributed by atoms with Crippen LogP contribution < -0.4 is 5.32 Å². The van der Waals surface area contributed by atoms with E-state index in [1.54, 1.807) is 6.26 Å². The van der Waals surface area contributed by atoms with Crippen molar-refractivity contribution in [3.05, 3.63) is 125 Å². The summed E-state index contributed by atoms with van der Waals surface area (Å²) in [6.45, 7) is 2.65. The Bertz CT molecular complexity index is 1520. The van der Waals surface area contributed by atoms with E-state index in [0.29, 0.717) is 23.9 Å². The molecule has 1 N–H and O–H groups in total. The highest BCUT2D eigenvalue weighted by molar-refractivity contribution is 6.30. The standard InChI is InChI=1S/C28H24ClN5O2/c1-19-24-18-33(28(35)30-17-23-12-7-15-36-23)26(20-8-5-9-21(29)16-20)25-13-6-14-32(25)27(24)34(31-19)22-10-3-2-4-11-22/h2-16,26H,17-18H2,1H3,(H,30,35)/t26-/m0/s1. The molecule has 8 heteroatoms. The third kappa shape index (κ3) is 3.87. The lowest BCUT2D eigenvalue weighted by atomic mass is 10.0. The lowest BCUT2D eigenvalue weighted by molar-refractivity contribution is 0.179. The van der Waals surface area contributed by atoms with Crippen LogP contribution in [0.1, 0.15) is 34.3 Å². The lowest BCUT2D eigenvalue weighted by Gasteiger charge is -2.31. The van der Waals surface area contributed by atoms with E-state index < -0.39 is 0 Å². The molecular formula is C28H24ClN5O2. The van der Waals surface area contributed by atoms with Gasteiger partial charge in [-0.15, -0.1) is 0 Å².